The summed E-state index contributed by atoms with van der Waals surface area (Å²) < 4.78 is 12.2. The molecule has 0 amide bonds. The number of rotatable bonds is 6. The zero-order valence-electron chi connectivity index (χ0n) is 17.7. The van der Waals surface area contributed by atoms with Crippen LogP contribution in [0.2, 0.25) is 5.02 Å². The number of benzene rings is 1. The van der Waals surface area contributed by atoms with Crippen LogP contribution in [0, 0.1) is 0 Å². The monoisotopic (exact) mass is 458 g/mol. The van der Waals surface area contributed by atoms with Crippen molar-refractivity contribution >= 4 is 34.4 Å². The number of carboxylic acid groups (broad SMARTS) is 1. The number of carbonyl (C=O) groups is 1. The van der Waals surface area contributed by atoms with E-state index in [9.17, 15) is 9.59 Å². The lowest BCUT2D eigenvalue weighted by Crippen LogP contribution is -2.42. The molecule has 0 spiro atoms. The molecule has 1 saturated heterocycles. The predicted octanol–water partition coefficient (Wildman–Crippen LogP) is 2.26. The van der Waals surface area contributed by atoms with Crippen LogP contribution in [-0.4, -0.2) is 58.0 Å². The molecule has 32 heavy (non-hydrogen) atoms. The molecule has 0 unspecified atom stereocenters. The lowest BCUT2D eigenvalue weighted by molar-refractivity contribution is -0.139. The van der Waals surface area contributed by atoms with Crippen LogP contribution >= 0.6 is 11.6 Å². The first-order valence-corrected chi connectivity index (χ1v) is 10.5. The summed E-state index contributed by atoms with van der Waals surface area (Å²) in [7, 11) is 1.62. The van der Waals surface area contributed by atoms with Crippen LogP contribution in [0.1, 0.15) is 18.2 Å². The van der Waals surface area contributed by atoms with E-state index in [1.54, 1.807) is 19.3 Å². The molecule has 0 aliphatic carbocycles. The van der Waals surface area contributed by atoms with Gasteiger partial charge >= 0.3 is 5.97 Å². The Balaban J connectivity index is 1.64. The molecule has 0 radical (unpaired) electrons. The number of pyridine rings is 1. The number of aryl methyl sites for hydroxylation is 1. The second-order valence-electron chi connectivity index (χ2n) is 7.72. The fourth-order valence-electron chi connectivity index (χ4n) is 3.72. The summed E-state index contributed by atoms with van der Waals surface area (Å²) in [5.41, 5.74) is 1.94. The van der Waals surface area contributed by atoms with Crippen LogP contribution in [-0.2, 0) is 23.0 Å². The summed E-state index contributed by atoms with van der Waals surface area (Å²) >= 11 is 6.38. The van der Waals surface area contributed by atoms with Crippen LogP contribution in [0.3, 0.4) is 0 Å². The molecule has 9 nitrogen and oxygen atoms in total. The van der Waals surface area contributed by atoms with Crippen molar-refractivity contribution < 1.29 is 19.4 Å². The summed E-state index contributed by atoms with van der Waals surface area (Å²) in [6.07, 6.45) is 2.19. The smallest absolute Gasteiger partial charge is 0.341 e. The molecular formula is C22H23ClN4O5. The fourth-order valence-corrected chi connectivity index (χ4v) is 3.88. The van der Waals surface area contributed by atoms with Crippen molar-refractivity contribution in [1.29, 1.82) is 0 Å². The Hall–Kier alpha value is -3.17. The fraction of sp³-hybridized carbons (Fsp3) is 0.364. The zero-order valence-corrected chi connectivity index (χ0v) is 18.5. The highest BCUT2D eigenvalue weighted by Crippen LogP contribution is 2.24. The molecule has 1 N–H and O–H groups in total. The number of hydrogen-bond donors (Lipinski definition) is 1. The lowest BCUT2D eigenvalue weighted by Gasteiger charge is -2.31. The minimum absolute atomic E-state index is 0.0108. The molecule has 1 aromatic carbocycles. The van der Waals surface area contributed by atoms with Gasteiger partial charge in [0, 0.05) is 31.9 Å². The van der Waals surface area contributed by atoms with E-state index >= 15 is 0 Å². The van der Waals surface area contributed by atoms with Gasteiger partial charge in [-0.15, -0.1) is 0 Å². The first kappa shape index (κ1) is 22.0. The molecule has 0 saturated carbocycles. The third-order valence-electron chi connectivity index (χ3n) is 5.31. The molecule has 1 aliphatic rings. The molecule has 4 rings (SSSR count). The topological polar surface area (TPSA) is 107 Å². The summed E-state index contributed by atoms with van der Waals surface area (Å²) in [6, 6.07) is 7.23. The highest BCUT2D eigenvalue weighted by atomic mass is 35.5. The molecule has 1 fully saturated rings. The average Bonchev–Trinajstić information content (AvgIpc) is 2.76. The van der Waals surface area contributed by atoms with Gasteiger partial charge in [0.05, 0.1) is 35.1 Å². The zero-order chi connectivity index (χ0) is 22.8. The molecule has 3 heterocycles. The van der Waals surface area contributed by atoms with E-state index in [1.165, 1.54) is 4.57 Å². The number of fused-ring (bicyclic) bond motifs is 1. The van der Waals surface area contributed by atoms with Gasteiger partial charge in [-0.1, -0.05) is 17.7 Å². The Labute approximate surface area is 189 Å². The van der Waals surface area contributed by atoms with Crippen molar-refractivity contribution in [3.05, 3.63) is 57.1 Å². The van der Waals surface area contributed by atoms with Crippen LogP contribution in [0.5, 0.6) is 5.75 Å². The van der Waals surface area contributed by atoms with Gasteiger partial charge in [-0.3, -0.25) is 4.79 Å². The van der Waals surface area contributed by atoms with Gasteiger partial charge in [0.1, 0.15) is 0 Å². The number of aromatic nitrogens is 3. The minimum Gasteiger partial charge on any atom is -0.479 e. The van der Waals surface area contributed by atoms with Gasteiger partial charge in [-0.2, -0.15) is 0 Å². The third-order valence-corrected chi connectivity index (χ3v) is 5.62. The molecule has 168 valence electrons. The highest BCUT2D eigenvalue weighted by Gasteiger charge is 2.20. The van der Waals surface area contributed by atoms with Crippen molar-refractivity contribution in [2.75, 3.05) is 31.2 Å². The molecule has 1 aliphatic heterocycles. The summed E-state index contributed by atoms with van der Waals surface area (Å²) in [5, 5.41) is 10.1. The van der Waals surface area contributed by atoms with Gasteiger partial charge in [0.15, 0.2) is 12.4 Å². The minimum atomic E-state index is -1.15. The summed E-state index contributed by atoms with van der Waals surface area (Å²) in [6.45, 7) is 3.48. The predicted molar refractivity (Wildman–Crippen MR) is 120 cm³/mol. The number of hydrogen-bond acceptors (Lipinski definition) is 7. The Morgan fingerprint density at radius 3 is 2.94 bits per heavy atom. The Morgan fingerprint density at radius 1 is 1.38 bits per heavy atom. The van der Waals surface area contributed by atoms with Crippen molar-refractivity contribution in [3.8, 4) is 5.75 Å². The number of morpholine rings is 1. The molecule has 1 atom stereocenters. The van der Waals surface area contributed by atoms with Crippen LogP contribution in [0.25, 0.3) is 10.9 Å². The number of ether oxygens (including phenoxy) is 2. The first-order valence-electron chi connectivity index (χ1n) is 10.2. The Bertz CT molecular complexity index is 1230. The van der Waals surface area contributed by atoms with Crippen molar-refractivity contribution in [2.24, 2.45) is 7.05 Å². The number of nitrogens with zero attached hydrogens (tertiary/aromatic N) is 4. The first-order chi connectivity index (χ1) is 15.3. The van der Waals surface area contributed by atoms with Crippen molar-refractivity contribution in [2.45, 2.75) is 19.4 Å². The van der Waals surface area contributed by atoms with E-state index in [0.29, 0.717) is 48.3 Å². The van der Waals surface area contributed by atoms with E-state index in [4.69, 9.17) is 26.2 Å². The molecule has 2 aromatic heterocycles. The van der Waals surface area contributed by atoms with E-state index < -0.39 is 18.1 Å². The third kappa shape index (κ3) is 4.68. The van der Waals surface area contributed by atoms with Crippen molar-refractivity contribution in [1.82, 2.24) is 14.5 Å². The van der Waals surface area contributed by atoms with E-state index in [1.807, 2.05) is 25.1 Å². The molecule has 10 heteroatoms. The van der Waals surface area contributed by atoms with Gasteiger partial charge in [0.2, 0.25) is 5.95 Å². The van der Waals surface area contributed by atoms with Crippen LogP contribution in [0.15, 0.2) is 35.3 Å². The van der Waals surface area contributed by atoms with Gasteiger partial charge in [-0.25, -0.2) is 14.8 Å². The maximum atomic E-state index is 12.4. The Kier molecular flexibility index (Phi) is 6.29. The van der Waals surface area contributed by atoms with E-state index in [-0.39, 0.29) is 11.9 Å². The average molecular weight is 459 g/mol. The Morgan fingerprint density at radius 2 is 2.19 bits per heavy atom. The number of carboxylic acids is 1. The van der Waals surface area contributed by atoms with E-state index in [0.717, 1.165) is 10.9 Å². The summed E-state index contributed by atoms with van der Waals surface area (Å²) in [4.78, 5) is 34.4. The van der Waals surface area contributed by atoms with Gasteiger partial charge < -0.3 is 24.0 Å². The largest absolute Gasteiger partial charge is 0.479 e. The standard InChI is InChI=1S/C22H23ClN4O5/c1-13-11-27(5-6-31-13)22-24-10-16(23)17(25-22)8-14-3-4-18-15(7-14)9-19(21(30)26(18)2)32-12-20(28)29/h3-4,7,9-10,13H,5-6,8,11-12H2,1-2H3,(H,28,29)/t13-/m0/s1. The van der Waals surface area contributed by atoms with Crippen molar-refractivity contribution in [3.63, 3.8) is 0 Å². The van der Waals surface area contributed by atoms with Gasteiger partial charge in [-0.05, 0) is 30.7 Å². The number of halogens is 1. The second-order valence-corrected chi connectivity index (χ2v) is 8.12. The second kappa shape index (κ2) is 9.13. The summed E-state index contributed by atoms with van der Waals surface area (Å²) in [5.74, 6) is -0.541. The normalized spacial score (nSPS) is 16.3. The van der Waals surface area contributed by atoms with Gasteiger partial charge in [0.25, 0.3) is 5.56 Å². The molecule has 0 bridgehead atoms. The maximum absolute atomic E-state index is 12.4. The maximum Gasteiger partial charge on any atom is 0.341 e. The van der Waals surface area contributed by atoms with E-state index in [2.05, 4.69) is 14.9 Å². The molecular weight excluding hydrogens is 436 g/mol. The van der Waals surface area contributed by atoms with Crippen LogP contribution in [0.4, 0.5) is 5.95 Å². The number of anilines is 1. The SMILES string of the molecule is C[C@H]1CN(c2ncc(Cl)c(Cc3ccc4c(c3)cc(OCC(=O)O)c(=O)n4C)n2)CCO1. The lowest BCUT2D eigenvalue weighted by atomic mass is 10.1. The quantitative estimate of drug-likeness (QED) is 0.599. The number of aliphatic carboxylic acids is 1. The molecule has 3 aromatic rings. The highest BCUT2D eigenvalue weighted by molar-refractivity contribution is 6.31. The van der Waals surface area contributed by atoms with Crippen LogP contribution < -0.4 is 15.2 Å².